The minimum absolute atomic E-state index is 0.129. The van der Waals surface area contributed by atoms with E-state index < -0.39 is 10.3 Å². The summed E-state index contributed by atoms with van der Waals surface area (Å²) >= 11 is 7.07. The standard InChI is InChI=1S/C25H25N3O3S2/c1-5-13-28-22(30)25(33-23(28)32)19(16-9-7-6-8-10-16)15-26(2)24(25)18-14-17(31-4)11-12-20(18)27(3)21(24)29/h5-12,14,19H,1,13,15H2,2-4H3/t19-,24-,25-/m0/s1. The third-order valence-corrected chi connectivity index (χ3v) is 9.11. The predicted molar refractivity (Wildman–Crippen MR) is 135 cm³/mol. The number of hydrogen-bond donors (Lipinski definition) is 0. The molecule has 2 amide bonds. The summed E-state index contributed by atoms with van der Waals surface area (Å²) in [5.41, 5.74) is 1.34. The van der Waals surface area contributed by atoms with Gasteiger partial charge in [-0.25, -0.2) is 0 Å². The number of fused-ring (bicyclic) bond motifs is 3. The Morgan fingerprint density at radius 1 is 1.18 bits per heavy atom. The minimum Gasteiger partial charge on any atom is -0.497 e. The summed E-state index contributed by atoms with van der Waals surface area (Å²) in [4.78, 5) is 33.9. The molecule has 2 aromatic rings. The molecule has 3 atom stereocenters. The van der Waals surface area contributed by atoms with Crippen molar-refractivity contribution in [3.63, 3.8) is 0 Å². The largest absolute Gasteiger partial charge is 0.497 e. The number of likely N-dealkylation sites (tertiary alicyclic amines) is 1. The molecule has 6 nitrogen and oxygen atoms in total. The third kappa shape index (κ3) is 2.62. The van der Waals surface area contributed by atoms with Gasteiger partial charge in [0.25, 0.3) is 5.91 Å². The number of amides is 2. The second-order valence-electron chi connectivity index (χ2n) is 8.61. The lowest BCUT2D eigenvalue weighted by Gasteiger charge is -2.42. The SMILES string of the molecule is C=CCN1C(=O)[C@@]2(SC1=S)[C@H](c1ccccc1)CN(C)[C@@]21C(=O)N(C)c2ccc(OC)cc21. The molecule has 0 saturated carbocycles. The lowest BCUT2D eigenvalue weighted by atomic mass is 9.72. The summed E-state index contributed by atoms with van der Waals surface area (Å²) in [6.45, 7) is 4.65. The first kappa shape index (κ1) is 22.1. The van der Waals surface area contributed by atoms with Crippen LogP contribution in [0.2, 0.25) is 0 Å². The van der Waals surface area contributed by atoms with Gasteiger partial charge in [0.1, 0.15) is 14.8 Å². The molecule has 2 aromatic carbocycles. The number of hydrogen-bond acceptors (Lipinski definition) is 6. The smallest absolute Gasteiger partial charge is 0.254 e. The fourth-order valence-corrected chi connectivity index (χ4v) is 7.92. The number of ether oxygens (including phenoxy) is 1. The van der Waals surface area contributed by atoms with Gasteiger partial charge in [0.05, 0.1) is 7.11 Å². The summed E-state index contributed by atoms with van der Waals surface area (Å²) in [5.74, 6) is 0.121. The summed E-state index contributed by atoms with van der Waals surface area (Å²) in [7, 11) is 5.30. The second kappa shape index (κ2) is 7.68. The van der Waals surface area contributed by atoms with Gasteiger partial charge in [-0.05, 0) is 30.8 Å². The maximum Gasteiger partial charge on any atom is 0.254 e. The molecule has 0 bridgehead atoms. The molecule has 170 valence electrons. The van der Waals surface area contributed by atoms with Crippen LogP contribution in [0.15, 0.2) is 61.2 Å². The van der Waals surface area contributed by atoms with Crippen molar-refractivity contribution in [3.05, 3.63) is 72.3 Å². The van der Waals surface area contributed by atoms with E-state index in [0.29, 0.717) is 23.2 Å². The number of nitrogens with zero attached hydrogens (tertiary/aromatic N) is 3. The predicted octanol–water partition coefficient (Wildman–Crippen LogP) is 3.38. The van der Waals surface area contributed by atoms with E-state index in [2.05, 4.69) is 6.58 Å². The number of methoxy groups -OCH3 is 1. The van der Waals surface area contributed by atoms with Crippen molar-refractivity contribution in [1.82, 2.24) is 9.80 Å². The van der Waals surface area contributed by atoms with E-state index in [9.17, 15) is 9.59 Å². The lowest BCUT2D eigenvalue weighted by Crippen LogP contribution is -2.62. The fraction of sp³-hybridized carbons (Fsp3) is 0.320. The van der Waals surface area contributed by atoms with Crippen LogP contribution < -0.4 is 9.64 Å². The van der Waals surface area contributed by atoms with Gasteiger partial charge in [-0.3, -0.25) is 19.4 Å². The van der Waals surface area contributed by atoms with Gasteiger partial charge in [0.2, 0.25) is 5.91 Å². The number of thioether (sulfide) groups is 1. The van der Waals surface area contributed by atoms with E-state index in [1.807, 2.05) is 60.5 Å². The van der Waals surface area contributed by atoms with Crippen molar-refractivity contribution in [2.45, 2.75) is 16.2 Å². The zero-order valence-electron chi connectivity index (χ0n) is 18.8. The number of rotatable bonds is 4. The van der Waals surface area contributed by atoms with Gasteiger partial charge in [-0.1, -0.05) is 60.4 Å². The molecular formula is C25H25N3O3S2. The highest BCUT2D eigenvalue weighted by atomic mass is 32.2. The van der Waals surface area contributed by atoms with Crippen LogP contribution >= 0.6 is 24.0 Å². The molecule has 33 heavy (non-hydrogen) atoms. The Morgan fingerprint density at radius 3 is 2.58 bits per heavy atom. The number of likely N-dealkylation sites (N-methyl/N-ethyl adjacent to an activating group) is 2. The second-order valence-corrected chi connectivity index (χ2v) is 10.5. The van der Waals surface area contributed by atoms with Gasteiger partial charge >= 0.3 is 0 Å². The average molecular weight is 480 g/mol. The van der Waals surface area contributed by atoms with E-state index in [-0.39, 0.29) is 17.7 Å². The molecule has 3 aliphatic heterocycles. The maximum absolute atomic E-state index is 14.4. The Morgan fingerprint density at radius 2 is 1.91 bits per heavy atom. The summed E-state index contributed by atoms with van der Waals surface area (Å²) in [6, 6.07) is 15.6. The Kier molecular flexibility index (Phi) is 5.15. The molecule has 0 aromatic heterocycles. The molecule has 0 radical (unpaired) electrons. The molecule has 3 heterocycles. The first-order valence-corrected chi connectivity index (χ1v) is 12.0. The van der Waals surface area contributed by atoms with Gasteiger partial charge in [-0.15, -0.1) is 6.58 Å². The Bertz CT molecular complexity index is 1190. The van der Waals surface area contributed by atoms with Crippen LogP contribution in [0.1, 0.15) is 17.0 Å². The fourth-order valence-electron chi connectivity index (χ4n) is 5.78. The molecule has 5 rings (SSSR count). The summed E-state index contributed by atoms with van der Waals surface area (Å²) in [5, 5.41) is 0. The number of benzene rings is 2. The van der Waals surface area contributed by atoms with Crippen molar-refractivity contribution in [2.24, 2.45) is 0 Å². The maximum atomic E-state index is 14.4. The lowest BCUT2D eigenvalue weighted by molar-refractivity contribution is -0.138. The monoisotopic (exact) mass is 479 g/mol. The molecule has 2 spiro atoms. The van der Waals surface area contributed by atoms with E-state index in [1.54, 1.807) is 30.0 Å². The van der Waals surface area contributed by atoms with Crippen LogP contribution in [0.4, 0.5) is 5.69 Å². The number of carbonyl (C=O) groups excluding carboxylic acids is 2. The molecular weight excluding hydrogens is 454 g/mol. The van der Waals surface area contributed by atoms with Gasteiger partial charge in [-0.2, -0.15) is 0 Å². The quantitative estimate of drug-likeness (QED) is 0.495. The molecule has 0 aliphatic carbocycles. The van der Waals surface area contributed by atoms with Gasteiger partial charge in [0.15, 0.2) is 5.54 Å². The molecule has 2 saturated heterocycles. The van der Waals surface area contributed by atoms with E-state index in [4.69, 9.17) is 17.0 Å². The number of thiocarbonyl (C=S) groups is 1. The van der Waals surface area contributed by atoms with Crippen molar-refractivity contribution in [3.8, 4) is 5.75 Å². The third-order valence-electron chi connectivity index (χ3n) is 7.17. The van der Waals surface area contributed by atoms with Crippen LogP contribution in [0.3, 0.4) is 0 Å². The highest BCUT2D eigenvalue weighted by Crippen LogP contribution is 2.66. The van der Waals surface area contributed by atoms with Crippen molar-refractivity contribution >= 4 is 45.8 Å². The topological polar surface area (TPSA) is 53.1 Å². The van der Waals surface area contributed by atoms with Crippen LogP contribution in [0.5, 0.6) is 5.75 Å². The van der Waals surface area contributed by atoms with Crippen molar-refractivity contribution < 1.29 is 14.3 Å². The zero-order chi connectivity index (χ0) is 23.5. The molecule has 0 unspecified atom stereocenters. The van der Waals surface area contributed by atoms with Crippen LogP contribution in [-0.2, 0) is 15.1 Å². The first-order valence-electron chi connectivity index (χ1n) is 10.7. The van der Waals surface area contributed by atoms with Crippen molar-refractivity contribution in [2.75, 3.05) is 39.2 Å². The Hall–Kier alpha value is -2.68. The summed E-state index contributed by atoms with van der Waals surface area (Å²) < 4.78 is 4.84. The first-order chi connectivity index (χ1) is 15.8. The number of anilines is 1. The van der Waals surface area contributed by atoms with Crippen LogP contribution in [0.25, 0.3) is 0 Å². The molecule has 0 N–H and O–H groups in total. The molecule has 8 heteroatoms. The number of carbonyl (C=O) groups is 2. The van der Waals surface area contributed by atoms with E-state index in [1.165, 1.54) is 11.8 Å². The minimum atomic E-state index is -1.23. The van der Waals surface area contributed by atoms with Crippen LogP contribution in [0, 0.1) is 0 Å². The van der Waals surface area contributed by atoms with Crippen LogP contribution in [-0.4, -0.2) is 65.0 Å². The highest BCUT2D eigenvalue weighted by molar-refractivity contribution is 8.25. The van der Waals surface area contributed by atoms with E-state index in [0.717, 1.165) is 16.8 Å². The van der Waals surface area contributed by atoms with Gasteiger partial charge < -0.3 is 9.64 Å². The zero-order valence-corrected chi connectivity index (χ0v) is 20.4. The normalized spacial score (nSPS) is 28.9. The highest BCUT2D eigenvalue weighted by Gasteiger charge is 2.78. The Balaban J connectivity index is 1.84. The Labute approximate surface area is 203 Å². The van der Waals surface area contributed by atoms with Gasteiger partial charge in [0, 0.05) is 37.3 Å². The van der Waals surface area contributed by atoms with Crippen molar-refractivity contribution in [1.29, 1.82) is 0 Å². The molecule has 3 aliphatic rings. The summed E-state index contributed by atoms with van der Waals surface area (Å²) in [6.07, 6.45) is 1.67. The van der Waals surface area contributed by atoms with E-state index >= 15 is 0 Å². The average Bonchev–Trinajstić information content (AvgIpc) is 3.33. The molecule has 2 fully saturated rings.